The summed E-state index contributed by atoms with van der Waals surface area (Å²) < 4.78 is 5.37. The molecule has 0 aromatic rings. The van der Waals surface area contributed by atoms with Crippen LogP contribution in [0.1, 0.15) is 19.3 Å². The van der Waals surface area contributed by atoms with Gasteiger partial charge in [0.2, 0.25) is 5.91 Å². The summed E-state index contributed by atoms with van der Waals surface area (Å²) >= 11 is 0. The average molecular weight is 281 g/mol. The van der Waals surface area contributed by atoms with Crippen LogP contribution in [-0.2, 0) is 9.53 Å². The lowest BCUT2D eigenvalue weighted by atomic mass is 10.1. The minimum absolute atomic E-state index is 0.252. The van der Waals surface area contributed by atoms with Gasteiger partial charge in [0, 0.05) is 25.7 Å². The number of carbonyl (C=O) groups is 2. The molecule has 0 radical (unpaired) electrons. The molecule has 2 rings (SSSR count). The zero-order valence-electron chi connectivity index (χ0n) is 11.8. The first-order valence-corrected chi connectivity index (χ1v) is 7.19. The molecule has 0 aromatic carbocycles. The second-order valence-corrected chi connectivity index (χ2v) is 5.44. The third kappa shape index (κ3) is 4.94. The molecule has 0 unspecified atom stereocenters. The predicted molar refractivity (Wildman–Crippen MR) is 75.3 cm³/mol. The summed E-state index contributed by atoms with van der Waals surface area (Å²) in [4.78, 5) is 25.4. The second kappa shape index (κ2) is 7.40. The lowest BCUT2D eigenvalue weighted by Crippen LogP contribution is -2.46. The topological polar surface area (TPSA) is 70.7 Å². The summed E-state index contributed by atoms with van der Waals surface area (Å²) in [6, 6.07) is 0.0347. The van der Waals surface area contributed by atoms with Gasteiger partial charge in [-0.3, -0.25) is 15.0 Å². The highest BCUT2D eigenvalue weighted by Gasteiger charge is 2.32. The smallest absolute Gasteiger partial charge is 0.321 e. The van der Waals surface area contributed by atoms with Crippen molar-refractivity contribution in [3.8, 4) is 0 Å². The molecule has 6 nitrogen and oxygen atoms in total. The van der Waals surface area contributed by atoms with Crippen LogP contribution in [0.4, 0.5) is 4.79 Å². The molecule has 0 spiro atoms. The maximum absolute atomic E-state index is 11.9. The van der Waals surface area contributed by atoms with E-state index in [-0.39, 0.29) is 12.5 Å². The Kier molecular flexibility index (Phi) is 5.55. The Morgan fingerprint density at radius 2 is 2.15 bits per heavy atom. The van der Waals surface area contributed by atoms with E-state index in [1.807, 2.05) is 0 Å². The van der Waals surface area contributed by atoms with Gasteiger partial charge in [-0.1, -0.05) is 6.08 Å². The van der Waals surface area contributed by atoms with Gasteiger partial charge in [0.25, 0.3) is 0 Å². The van der Waals surface area contributed by atoms with Crippen molar-refractivity contribution >= 4 is 11.9 Å². The van der Waals surface area contributed by atoms with Crippen LogP contribution >= 0.6 is 0 Å². The average Bonchev–Trinajstić information content (AvgIpc) is 3.14. The van der Waals surface area contributed by atoms with Crippen LogP contribution in [0, 0.1) is 5.92 Å². The number of nitrogens with zero attached hydrogens (tertiary/aromatic N) is 1. The Bertz CT molecular complexity index is 363. The van der Waals surface area contributed by atoms with Crippen molar-refractivity contribution in [1.82, 2.24) is 15.5 Å². The molecule has 1 atom stereocenters. The van der Waals surface area contributed by atoms with E-state index in [1.165, 1.54) is 0 Å². The first-order valence-electron chi connectivity index (χ1n) is 7.19. The third-order valence-electron chi connectivity index (χ3n) is 3.59. The molecule has 2 fully saturated rings. The van der Waals surface area contributed by atoms with E-state index in [0.717, 1.165) is 39.0 Å². The van der Waals surface area contributed by atoms with Gasteiger partial charge >= 0.3 is 6.03 Å². The number of rotatable bonds is 7. The first-order chi connectivity index (χ1) is 9.69. The Balaban J connectivity index is 1.74. The van der Waals surface area contributed by atoms with E-state index in [1.54, 1.807) is 6.08 Å². The van der Waals surface area contributed by atoms with Gasteiger partial charge in [-0.2, -0.15) is 0 Å². The Labute approximate surface area is 119 Å². The number of ether oxygens (including phenoxy) is 1. The molecule has 0 aromatic heterocycles. The van der Waals surface area contributed by atoms with Crippen LogP contribution in [0.5, 0.6) is 0 Å². The highest BCUT2D eigenvalue weighted by atomic mass is 16.5. The third-order valence-corrected chi connectivity index (χ3v) is 3.59. The SMILES string of the molecule is C=CCNC(=O)NC(=O)CN(C[C@H]1CCOC1)C1CC1. The molecule has 1 aliphatic heterocycles. The van der Waals surface area contributed by atoms with Gasteiger partial charge in [-0.05, 0) is 25.2 Å². The number of imide groups is 1. The van der Waals surface area contributed by atoms with Crippen molar-refractivity contribution in [2.24, 2.45) is 5.92 Å². The predicted octanol–water partition coefficient (Wildman–Crippen LogP) is 0.499. The summed E-state index contributed by atoms with van der Waals surface area (Å²) in [5.74, 6) is 0.260. The lowest BCUT2D eigenvalue weighted by Gasteiger charge is -2.23. The quantitative estimate of drug-likeness (QED) is 0.667. The van der Waals surface area contributed by atoms with E-state index in [0.29, 0.717) is 18.5 Å². The zero-order chi connectivity index (χ0) is 14.4. The highest BCUT2D eigenvalue weighted by Crippen LogP contribution is 2.28. The van der Waals surface area contributed by atoms with Crippen molar-refractivity contribution in [2.45, 2.75) is 25.3 Å². The van der Waals surface area contributed by atoms with Gasteiger partial charge in [0.15, 0.2) is 0 Å². The van der Waals surface area contributed by atoms with Crippen LogP contribution in [0.3, 0.4) is 0 Å². The molecule has 6 heteroatoms. The normalized spacial score (nSPS) is 21.8. The minimum Gasteiger partial charge on any atom is -0.381 e. The number of hydrogen-bond acceptors (Lipinski definition) is 4. The fraction of sp³-hybridized carbons (Fsp3) is 0.714. The summed E-state index contributed by atoms with van der Waals surface area (Å²) in [5.41, 5.74) is 0. The van der Waals surface area contributed by atoms with Crippen molar-refractivity contribution < 1.29 is 14.3 Å². The fourth-order valence-electron chi connectivity index (χ4n) is 2.40. The van der Waals surface area contributed by atoms with Crippen LogP contribution in [0.25, 0.3) is 0 Å². The van der Waals surface area contributed by atoms with E-state index in [4.69, 9.17) is 4.74 Å². The monoisotopic (exact) mass is 281 g/mol. The zero-order valence-corrected chi connectivity index (χ0v) is 11.8. The van der Waals surface area contributed by atoms with Crippen molar-refractivity contribution in [3.05, 3.63) is 12.7 Å². The fourth-order valence-corrected chi connectivity index (χ4v) is 2.40. The van der Waals surface area contributed by atoms with Crippen LogP contribution < -0.4 is 10.6 Å². The second-order valence-electron chi connectivity index (χ2n) is 5.44. The Hall–Kier alpha value is -1.40. The molecule has 20 heavy (non-hydrogen) atoms. The molecule has 1 heterocycles. The number of amides is 3. The van der Waals surface area contributed by atoms with Gasteiger partial charge in [0.1, 0.15) is 0 Å². The number of hydrogen-bond donors (Lipinski definition) is 2. The summed E-state index contributed by atoms with van der Waals surface area (Å²) in [5, 5.41) is 4.87. The van der Waals surface area contributed by atoms with Gasteiger partial charge < -0.3 is 10.1 Å². The summed E-state index contributed by atoms with van der Waals surface area (Å²) in [6.07, 6.45) is 4.92. The number of nitrogens with one attached hydrogen (secondary N) is 2. The maximum Gasteiger partial charge on any atom is 0.321 e. The number of carbonyl (C=O) groups excluding carboxylic acids is 2. The Morgan fingerprint density at radius 1 is 1.35 bits per heavy atom. The van der Waals surface area contributed by atoms with Crippen LogP contribution in [0.2, 0.25) is 0 Å². The van der Waals surface area contributed by atoms with Gasteiger partial charge in [-0.25, -0.2) is 4.79 Å². The van der Waals surface area contributed by atoms with E-state index >= 15 is 0 Å². The van der Waals surface area contributed by atoms with E-state index < -0.39 is 6.03 Å². The van der Waals surface area contributed by atoms with Crippen molar-refractivity contribution in [2.75, 3.05) is 32.8 Å². The molecule has 1 aliphatic carbocycles. The van der Waals surface area contributed by atoms with Crippen LogP contribution in [-0.4, -0.2) is 55.7 Å². The molecule has 1 saturated heterocycles. The number of urea groups is 1. The minimum atomic E-state index is -0.463. The van der Waals surface area contributed by atoms with Gasteiger partial charge in [-0.15, -0.1) is 6.58 Å². The molecule has 0 bridgehead atoms. The molecule has 112 valence electrons. The molecule has 3 amide bonds. The summed E-state index contributed by atoms with van der Waals surface area (Å²) in [6.45, 7) is 6.62. The molecule has 2 N–H and O–H groups in total. The van der Waals surface area contributed by atoms with Crippen molar-refractivity contribution in [3.63, 3.8) is 0 Å². The van der Waals surface area contributed by atoms with Gasteiger partial charge in [0.05, 0.1) is 13.2 Å². The Morgan fingerprint density at radius 3 is 2.75 bits per heavy atom. The lowest BCUT2D eigenvalue weighted by molar-refractivity contribution is -0.121. The largest absolute Gasteiger partial charge is 0.381 e. The highest BCUT2D eigenvalue weighted by molar-refractivity contribution is 5.95. The first kappa shape index (κ1) is 15.0. The molecule has 1 saturated carbocycles. The molecule has 2 aliphatic rings. The maximum atomic E-state index is 11.9. The van der Waals surface area contributed by atoms with E-state index in [9.17, 15) is 9.59 Å². The summed E-state index contributed by atoms with van der Waals surface area (Å²) in [7, 11) is 0. The van der Waals surface area contributed by atoms with Crippen molar-refractivity contribution in [1.29, 1.82) is 0 Å². The van der Waals surface area contributed by atoms with E-state index in [2.05, 4.69) is 22.1 Å². The molecular weight excluding hydrogens is 258 g/mol. The standard InChI is InChI=1S/C14H23N3O3/c1-2-6-15-14(19)16-13(18)9-17(12-3-4-12)8-11-5-7-20-10-11/h2,11-12H,1,3-10H2,(H2,15,16,18,19)/t11-/m1/s1. The van der Waals surface area contributed by atoms with Crippen LogP contribution in [0.15, 0.2) is 12.7 Å². The molecular formula is C14H23N3O3.